The van der Waals surface area contributed by atoms with E-state index in [0.29, 0.717) is 13.2 Å². The molecule has 0 aromatic carbocycles. The molecule has 88 valence electrons. The van der Waals surface area contributed by atoms with E-state index in [4.69, 9.17) is 9.47 Å². The number of hydrogen-bond donors (Lipinski definition) is 1. The first-order valence-corrected chi connectivity index (χ1v) is 5.10. The van der Waals surface area contributed by atoms with Crippen LogP contribution in [0, 0.1) is 0 Å². The predicted molar refractivity (Wildman–Crippen MR) is 54.4 cm³/mol. The predicted octanol–water partition coefficient (Wildman–Crippen LogP) is 0.961. The fraction of sp³-hybridized carbons (Fsp3) is 0.900. The molecule has 1 N–H and O–H groups in total. The first kappa shape index (κ1) is 12.3. The van der Waals surface area contributed by atoms with Gasteiger partial charge in [0, 0.05) is 6.54 Å². The second-order valence-electron chi connectivity index (χ2n) is 4.68. The van der Waals surface area contributed by atoms with E-state index in [-0.39, 0.29) is 6.04 Å². The van der Waals surface area contributed by atoms with Gasteiger partial charge in [-0.05, 0) is 27.7 Å². The number of rotatable bonds is 0. The van der Waals surface area contributed by atoms with Crippen LogP contribution >= 0.6 is 0 Å². The molecule has 1 aliphatic heterocycles. The Morgan fingerprint density at radius 2 is 2.13 bits per heavy atom. The van der Waals surface area contributed by atoms with Crippen molar-refractivity contribution in [1.29, 1.82) is 0 Å². The Kier molecular flexibility index (Phi) is 3.57. The summed E-state index contributed by atoms with van der Waals surface area (Å²) in [5, 5.41) is 9.42. The lowest BCUT2D eigenvalue weighted by atomic mass is 10.2. The molecule has 0 spiro atoms. The van der Waals surface area contributed by atoms with Crippen LogP contribution in [0.3, 0.4) is 0 Å². The van der Waals surface area contributed by atoms with Gasteiger partial charge in [-0.3, -0.25) is 4.90 Å². The van der Waals surface area contributed by atoms with Crippen LogP contribution in [0.2, 0.25) is 0 Å². The van der Waals surface area contributed by atoms with Crippen molar-refractivity contribution in [2.75, 3.05) is 13.2 Å². The van der Waals surface area contributed by atoms with Gasteiger partial charge in [-0.1, -0.05) is 0 Å². The van der Waals surface area contributed by atoms with Crippen molar-refractivity contribution in [2.24, 2.45) is 0 Å². The molecule has 1 fully saturated rings. The molecule has 2 atom stereocenters. The van der Waals surface area contributed by atoms with Gasteiger partial charge in [0.2, 0.25) is 0 Å². The number of aliphatic hydroxyl groups is 1. The molecule has 5 nitrogen and oxygen atoms in total. The van der Waals surface area contributed by atoms with E-state index in [0.717, 1.165) is 0 Å². The Morgan fingerprint density at radius 1 is 1.53 bits per heavy atom. The zero-order valence-corrected chi connectivity index (χ0v) is 9.69. The Balaban J connectivity index is 2.59. The highest BCUT2D eigenvalue weighted by atomic mass is 16.6. The monoisotopic (exact) mass is 217 g/mol. The van der Waals surface area contributed by atoms with Crippen molar-refractivity contribution in [1.82, 2.24) is 4.90 Å². The molecule has 1 rings (SSSR count). The minimum absolute atomic E-state index is 0.338. The highest BCUT2D eigenvalue weighted by Gasteiger charge is 2.33. The van der Waals surface area contributed by atoms with Crippen molar-refractivity contribution in [3.05, 3.63) is 0 Å². The van der Waals surface area contributed by atoms with E-state index in [1.54, 1.807) is 6.92 Å². The zero-order valence-electron chi connectivity index (χ0n) is 9.69. The largest absolute Gasteiger partial charge is 0.444 e. The van der Waals surface area contributed by atoms with E-state index in [1.165, 1.54) is 4.90 Å². The van der Waals surface area contributed by atoms with Gasteiger partial charge in [-0.15, -0.1) is 0 Å². The fourth-order valence-corrected chi connectivity index (χ4v) is 1.35. The molecule has 15 heavy (non-hydrogen) atoms. The van der Waals surface area contributed by atoms with Gasteiger partial charge in [0.25, 0.3) is 0 Å². The molecule has 1 heterocycles. The smallest absolute Gasteiger partial charge is 0.410 e. The Bertz CT molecular complexity index is 236. The summed E-state index contributed by atoms with van der Waals surface area (Å²) in [5.74, 6) is 0. The lowest BCUT2D eigenvalue weighted by Gasteiger charge is -2.37. The van der Waals surface area contributed by atoms with Crippen molar-refractivity contribution in [3.8, 4) is 0 Å². The van der Waals surface area contributed by atoms with E-state index >= 15 is 0 Å². The first-order chi connectivity index (χ1) is 6.81. The SMILES string of the molecule is CC1C(O)OCCN1C(=O)OC(C)(C)C. The average molecular weight is 217 g/mol. The number of nitrogens with zero attached hydrogens (tertiary/aromatic N) is 1. The van der Waals surface area contributed by atoms with Gasteiger partial charge < -0.3 is 14.6 Å². The van der Waals surface area contributed by atoms with Gasteiger partial charge in [0.15, 0.2) is 6.29 Å². The molecule has 1 aliphatic rings. The third kappa shape index (κ3) is 3.35. The normalized spacial score (nSPS) is 27.7. The molecule has 0 aliphatic carbocycles. The maximum absolute atomic E-state index is 11.7. The quantitative estimate of drug-likeness (QED) is 0.656. The number of carbonyl (C=O) groups excluding carboxylic acids is 1. The topological polar surface area (TPSA) is 59.0 Å². The van der Waals surface area contributed by atoms with Crippen LogP contribution < -0.4 is 0 Å². The standard InChI is InChI=1S/C10H19NO4/c1-7-8(12)14-6-5-11(7)9(13)15-10(2,3)4/h7-8,12H,5-6H2,1-4H3. The van der Waals surface area contributed by atoms with E-state index in [9.17, 15) is 9.90 Å². The molecule has 2 unspecified atom stereocenters. The molecule has 0 aromatic heterocycles. The Labute approximate surface area is 90.0 Å². The minimum Gasteiger partial charge on any atom is -0.444 e. The van der Waals surface area contributed by atoms with Gasteiger partial charge in [-0.2, -0.15) is 0 Å². The fourth-order valence-electron chi connectivity index (χ4n) is 1.35. The van der Waals surface area contributed by atoms with Gasteiger partial charge in [-0.25, -0.2) is 4.79 Å². The number of aliphatic hydroxyl groups excluding tert-OH is 1. The highest BCUT2D eigenvalue weighted by Crippen LogP contribution is 2.16. The van der Waals surface area contributed by atoms with Crippen LogP contribution in [0.1, 0.15) is 27.7 Å². The molecular formula is C10H19NO4. The van der Waals surface area contributed by atoms with Gasteiger partial charge >= 0.3 is 6.09 Å². The summed E-state index contributed by atoms with van der Waals surface area (Å²) in [5.41, 5.74) is -0.514. The number of carbonyl (C=O) groups is 1. The van der Waals surface area contributed by atoms with E-state index in [1.807, 2.05) is 20.8 Å². The number of ether oxygens (including phenoxy) is 2. The van der Waals surface area contributed by atoms with Crippen LogP contribution in [0.5, 0.6) is 0 Å². The first-order valence-electron chi connectivity index (χ1n) is 5.10. The number of hydrogen-bond acceptors (Lipinski definition) is 4. The van der Waals surface area contributed by atoms with Crippen LogP contribution in [0.15, 0.2) is 0 Å². The molecule has 0 saturated carbocycles. The van der Waals surface area contributed by atoms with Crippen LogP contribution in [-0.2, 0) is 9.47 Å². The molecule has 1 saturated heterocycles. The number of morpholine rings is 1. The lowest BCUT2D eigenvalue weighted by Crippen LogP contribution is -2.53. The van der Waals surface area contributed by atoms with E-state index in [2.05, 4.69) is 0 Å². The molecule has 0 aromatic rings. The van der Waals surface area contributed by atoms with Crippen molar-refractivity contribution in [3.63, 3.8) is 0 Å². The highest BCUT2D eigenvalue weighted by molar-refractivity contribution is 5.68. The van der Waals surface area contributed by atoms with E-state index < -0.39 is 18.0 Å². The number of amides is 1. The second-order valence-corrected chi connectivity index (χ2v) is 4.68. The lowest BCUT2D eigenvalue weighted by molar-refractivity contribution is -0.170. The summed E-state index contributed by atoms with van der Waals surface area (Å²) >= 11 is 0. The maximum Gasteiger partial charge on any atom is 0.410 e. The summed E-state index contributed by atoms with van der Waals surface area (Å²) < 4.78 is 10.2. The van der Waals surface area contributed by atoms with Crippen molar-refractivity contribution >= 4 is 6.09 Å². The summed E-state index contributed by atoms with van der Waals surface area (Å²) in [6.07, 6.45) is -1.33. The third-order valence-electron chi connectivity index (χ3n) is 2.15. The zero-order chi connectivity index (χ0) is 11.6. The summed E-state index contributed by atoms with van der Waals surface area (Å²) in [7, 11) is 0. The molecule has 0 bridgehead atoms. The summed E-state index contributed by atoms with van der Waals surface area (Å²) in [4.78, 5) is 13.2. The van der Waals surface area contributed by atoms with Crippen molar-refractivity contribution < 1.29 is 19.4 Å². The van der Waals surface area contributed by atoms with Crippen LogP contribution in [-0.4, -0.2) is 47.2 Å². The van der Waals surface area contributed by atoms with Crippen molar-refractivity contribution in [2.45, 2.75) is 45.6 Å². The van der Waals surface area contributed by atoms with Gasteiger partial charge in [0.1, 0.15) is 5.60 Å². The second kappa shape index (κ2) is 4.37. The average Bonchev–Trinajstić information content (AvgIpc) is 2.06. The summed E-state index contributed by atoms with van der Waals surface area (Å²) in [6.45, 7) is 7.96. The molecular weight excluding hydrogens is 198 g/mol. The molecule has 0 radical (unpaired) electrons. The third-order valence-corrected chi connectivity index (χ3v) is 2.15. The minimum atomic E-state index is -0.925. The Morgan fingerprint density at radius 3 is 2.67 bits per heavy atom. The van der Waals surface area contributed by atoms with Crippen LogP contribution in [0.25, 0.3) is 0 Å². The molecule has 1 amide bonds. The van der Waals surface area contributed by atoms with Gasteiger partial charge in [0.05, 0.1) is 12.6 Å². The molecule has 5 heteroatoms. The maximum atomic E-state index is 11.7. The Hall–Kier alpha value is -0.810. The van der Waals surface area contributed by atoms with Crippen LogP contribution in [0.4, 0.5) is 4.79 Å². The summed E-state index contributed by atoms with van der Waals surface area (Å²) in [6, 6.07) is -0.367.